The summed E-state index contributed by atoms with van der Waals surface area (Å²) in [6.45, 7) is 2.06. The van der Waals surface area contributed by atoms with Gasteiger partial charge in [-0.05, 0) is 85.4 Å². The van der Waals surface area contributed by atoms with E-state index in [0.717, 1.165) is 43.2 Å². The molecule has 0 amide bonds. The molecule has 4 aliphatic rings. The Labute approximate surface area is 197 Å². The summed E-state index contributed by atoms with van der Waals surface area (Å²) in [5.41, 5.74) is 3.70. The van der Waals surface area contributed by atoms with Crippen LogP contribution in [0.1, 0.15) is 43.7 Å². The SMILES string of the molecule is CCc1ccc(Oc2cnc3cc(Cl)ccc3n2)cc1C1=C(O)C2C(C1=O)[C@H]1CC[C@@H]2CC1. The third-order valence-electron chi connectivity index (χ3n) is 7.78. The van der Waals surface area contributed by atoms with Crippen LogP contribution in [0.2, 0.25) is 5.02 Å². The Balaban J connectivity index is 1.37. The molecule has 0 spiro atoms. The zero-order valence-corrected chi connectivity index (χ0v) is 19.2. The zero-order valence-electron chi connectivity index (χ0n) is 18.4. The molecule has 3 saturated carbocycles. The Morgan fingerprint density at radius 3 is 2.52 bits per heavy atom. The van der Waals surface area contributed by atoms with Crippen LogP contribution in [-0.4, -0.2) is 20.9 Å². The van der Waals surface area contributed by atoms with Gasteiger partial charge >= 0.3 is 0 Å². The zero-order chi connectivity index (χ0) is 22.7. The number of hydrogen-bond donors (Lipinski definition) is 1. The molecule has 3 aromatic rings. The van der Waals surface area contributed by atoms with E-state index in [9.17, 15) is 9.90 Å². The minimum atomic E-state index is -0.0556. The van der Waals surface area contributed by atoms with Crippen LogP contribution in [0.15, 0.2) is 48.4 Å². The highest BCUT2D eigenvalue weighted by molar-refractivity contribution is 6.31. The first-order chi connectivity index (χ1) is 16.0. The summed E-state index contributed by atoms with van der Waals surface area (Å²) >= 11 is 6.04. The van der Waals surface area contributed by atoms with E-state index in [-0.39, 0.29) is 17.6 Å². The second-order valence-electron chi connectivity index (χ2n) is 9.47. The van der Waals surface area contributed by atoms with Gasteiger partial charge in [0, 0.05) is 16.9 Å². The maximum atomic E-state index is 13.6. The van der Waals surface area contributed by atoms with Gasteiger partial charge in [-0.1, -0.05) is 24.6 Å². The lowest BCUT2D eigenvalue weighted by Crippen LogP contribution is -2.41. The number of carbonyl (C=O) groups is 1. The molecule has 2 atom stereocenters. The maximum absolute atomic E-state index is 13.6. The number of aryl methyl sites for hydroxylation is 1. The lowest BCUT2D eigenvalue weighted by Gasteiger charge is -2.44. The summed E-state index contributed by atoms with van der Waals surface area (Å²) in [6.07, 6.45) is 6.77. The first-order valence-electron chi connectivity index (χ1n) is 11.7. The van der Waals surface area contributed by atoms with Crippen LogP contribution in [0.4, 0.5) is 0 Å². The van der Waals surface area contributed by atoms with Gasteiger partial charge in [0.15, 0.2) is 5.78 Å². The van der Waals surface area contributed by atoms with Gasteiger partial charge in [-0.15, -0.1) is 0 Å². The van der Waals surface area contributed by atoms with Crippen molar-refractivity contribution < 1.29 is 14.6 Å². The molecule has 5 nitrogen and oxygen atoms in total. The molecule has 2 bridgehead atoms. The molecule has 1 heterocycles. The summed E-state index contributed by atoms with van der Waals surface area (Å²) in [5, 5.41) is 11.9. The molecule has 4 aliphatic carbocycles. The summed E-state index contributed by atoms with van der Waals surface area (Å²) in [4.78, 5) is 22.5. The van der Waals surface area contributed by atoms with Crippen LogP contribution in [0, 0.1) is 23.7 Å². The Morgan fingerprint density at radius 1 is 1.03 bits per heavy atom. The predicted octanol–water partition coefficient (Wildman–Crippen LogP) is 6.54. The molecular formula is C27H25ClN2O3. The average Bonchev–Trinajstić information content (AvgIpc) is 3.12. The van der Waals surface area contributed by atoms with Crippen molar-refractivity contribution in [3.8, 4) is 11.6 Å². The van der Waals surface area contributed by atoms with Gasteiger partial charge < -0.3 is 9.84 Å². The number of aromatic nitrogens is 2. The number of allylic oxidation sites excluding steroid dienone is 2. The first-order valence-corrected chi connectivity index (χ1v) is 12.1. The standard InChI is InChI=1S/C27H25ClN2O3/c1-2-14-7-9-18(33-22-13-29-21-11-17(28)8-10-20(21)30-22)12-19(14)25-26(31)23-15-3-4-16(6-5-15)24(23)27(25)32/h7-13,15-16,23-24,31H,2-6H2,1H3/t15-,16+,23?,24?. The second kappa shape index (κ2) is 7.84. The number of ketones is 1. The molecule has 0 radical (unpaired) electrons. The van der Waals surface area contributed by atoms with Gasteiger partial charge in [0.2, 0.25) is 5.88 Å². The number of rotatable bonds is 4. The average molecular weight is 461 g/mol. The molecule has 2 aromatic carbocycles. The van der Waals surface area contributed by atoms with E-state index >= 15 is 0 Å². The maximum Gasteiger partial charge on any atom is 0.238 e. The van der Waals surface area contributed by atoms with Gasteiger partial charge in [0.25, 0.3) is 0 Å². The van der Waals surface area contributed by atoms with Crippen molar-refractivity contribution in [1.29, 1.82) is 0 Å². The fourth-order valence-corrected chi connectivity index (χ4v) is 6.41. The van der Waals surface area contributed by atoms with E-state index in [1.807, 2.05) is 18.2 Å². The summed E-state index contributed by atoms with van der Waals surface area (Å²) in [6, 6.07) is 11.1. The molecule has 1 N–H and O–H groups in total. The molecule has 0 saturated heterocycles. The van der Waals surface area contributed by atoms with Gasteiger partial charge in [-0.25, -0.2) is 9.97 Å². The number of aliphatic hydroxyl groups excluding tert-OH is 1. The summed E-state index contributed by atoms with van der Waals surface area (Å²) in [5.74, 6) is 2.10. The number of ether oxygens (including phenoxy) is 1. The third kappa shape index (κ3) is 3.33. The molecule has 3 fully saturated rings. The van der Waals surface area contributed by atoms with Crippen molar-refractivity contribution in [2.75, 3.05) is 0 Å². The van der Waals surface area contributed by atoms with Gasteiger partial charge in [-0.2, -0.15) is 0 Å². The Hall–Kier alpha value is -2.92. The fourth-order valence-electron chi connectivity index (χ4n) is 6.25. The molecular weight excluding hydrogens is 436 g/mol. The molecule has 33 heavy (non-hydrogen) atoms. The lowest BCUT2D eigenvalue weighted by atomic mass is 9.59. The highest BCUT2D eigenvalue weighted by Crippen LogP contribution is 2.57. The van der Waals surface area contributed by atoms with Crippen molar-refractivity contribution in [2.45, 2.75) is 39.0 Å². The number of aliphatic hydroxyl groups is 1. The van der Waals surface area contributed by atoms with Crippen LogP contribution in [0.25, 0.3) is 16.6 Å². The highest BCUT2D eigenvalue weighted by Gasteiger charge is 2.54. The van der Waals surface area contributed by atoms with Crippen LogP contribution in [0.5, 0.6) is 11.6 Å². The highest BCUT2D eigenvalue weighted by atomic mass is 35.5. The number of halogens is 1. The largest absolute Gasteiger partial charge is 0.511 e. The molecule has 168 valence electrons. The number of carbonyl (C=O) groups excluding carboxylic acids is 1. The molecule has 0 aliphatic heterocycles. The van der Waals surface area contributed by atoms with Gasteiger partial charge in [0.1, 0.15) is 11.5 Å². The van der Waals surface area contributed by atoms with Crippen molar-refractivity contribution in [1.82, 2.24) is 9.97 Å². The first kappa shape index (κ1) is 20.7. The van der Waals surface area contributed by atoms with Crippen LogP contribution in [0.3, 0.4) is 0 Å². The number of nitrogens with zero attached hydrogens (tertiary/aromatic N) is 2. The Kier molecular flexibility index (Phi) is 4.91. The lowest BCUT2D eigenvalue weighted by molar-refractivity contribution is -0.123. The monoisotopic (exact) mass is 460 g/mol. The predicted molar refractivity (Wildman–Crippen MR) is 127 cm³/mol. The smallest absolute Gasteiger partial charge is 0.238 e. The number of hydrogen-bond acceptors (Lipinski definition) is 5. The molecule has 2 unspecified atom stereocenters. The number of Topliss-reactive ketones (excluding diaryl/α,β-unsaturated/α-hetero) is 1. The number of fused-ring (bicyclic) bond motifs is 3. The Morgan fingerprint density at radius 2 is 1.79 bits per heavy atom. The number of benzene rings is 2. The normalized spacial score (nSPS) is 26.2. The van der Waals surface area contributed by atoms with Crippen molar-refractivity contribution in [3.63, 3.8) is 0 Å². The van der Waals surface area contributed by atoms with Crippen molar-refractivity contribution in [2.24, 2.45) is 23.7 Å². The summed E-state index contributed by atoms with van der Waals surface area (Å²) in [7, 11) is 0. The summed E-state index contributed by atoms with van der Waals surface area (Å²) < 4.78 is 6.04. The topological polar surface area (TPSA) is 72.3 Å². The molecule has 6 heteroatoms. The van der Waals surface area contributed by atoms with Gasteiger partial charge in [-0.3, -0.25) is 4.79 Å². The van der Waals surface area contributed by atoms with E-state index in [0.29, 0.717) is 50.9 Å². The second-order valence-corrected chi connectivity index (χ2v) is 9.90. The fraction of sp³-hybridized carbons (Fsp3) is 0.370. The van der Waals surface area contributed by atoms with Crippen molar-refractivity contribution in [3.05, 3.63) is 64.5 Å². The third-order valence-corrected chi connectivity index (χ3v) is 8.01. The molecule has 7 rings (SSSR count). The molecule has 1 aromatic heterocycles. The minimum absolute atomic E-state index is 0.00698. The van der Waals surface area contributed by atoms with Crippen LogP contribution < -0.4 is 4.74 Å². The quantitative estimate of drug-likeness (QED) is 0.478. The van der Waals surface area contributed by atoms with Crippen LogP contribution in [-0.2, 0) is 11.2 Å². The van der Waals surface area contributed by atoms with Gasteiger partial charge in [0.05, 0.1) is 22.8 Å². The van der Waals surface area contributed by atoms with E-state index < -0.39 is 0 Å². The van der Waals surface area contributed by atoms with E-state index in [2.05, 4.69) is 16.9 Å². The van der Waals surface area contributed by atoms with Crippen molar-refractivity contribution >= 4 is 34.0 Å². The van der Waals surface area contributed by atoms with E-state index in [1.165, 1.54) is 0 Å². The van der Waals surface area contributed by atoms with Crippen LogP contribution >= 0.6 is 11.6 Å². The van der Waals surface area contributed by atoms with E-state index in [4.69, 9.17) is 16.3 Å². The Bertz CT molecular complexity index is 1310. The minimum Gasteiger partial charge on any atom is -0.511 e. The van der Waals surface area contributed by atoms with E-state index in [1.54, 1.807) is 24.4 Å².